The van der Waals surface area contributed by atoms with E-state index in [0.717, 1.165) is 0 Å². The topological polar surface area (TPSA) is 272 Å². The van der Waals surface area contributed by atoms with Gasteiger partial charge in [0, 0.05) is 25.2 Å². The molecule has 3 aliphatic rings. The minimum Gasteiger partial charge on any atom is -0.394 e. The average Bonchev–Trinajstić information content (AvgIpc) is 2.83. The first kappa shape index (κ1) is 29.0. The van der Waals surface area contributed by atoms with E-state index in [4.69, 9.17) is 46.6 Å². The predicted molar refractivity (Wildman–Crippen MR) is 117 cm³/mol. The predicted octanol–water partition coefficient (Wildman–Crippen LogP) is -6.25. The van der Waals surface area contributed by atoms with Crippen LogP contribution in [-0.2, 0) is 23.7 Å². The van der Waals surface area contributed by atoms with Gasteiger partial charge in [-0.1, -0.05) is 0 Å². The molecular formula is C20H40N4O11. The zero-order valence-electron chi connectivity index (χ0n) is 19.5. The number of hydrogen-bond donors (Lipinski definition) is 10. The van der Waals surface area contributed by atoms with Crippen LogP contribution in [0.15, 0.2) is 0 Å². The van der Waals surface area contributed by atoms with Crippen molar-refractivity contribution < 1.29 is 54.3 Å². The molecule has 3 rings (SSSR count). The van der Waals surface area contributed by atoms with Gasteiger partial charge in [-0.05, 0) is 13.3 Å². The maximum Gasteiger partial charge on any atom is 0.187 e. The van der Waals surface area contributed by atoms with Crippen molar-refractivity contribution in [3.8, 4) is 0 Å². The van der Waals surface area contributed by atoms with Crippen LogP contribution < -0.4 is 22.9 Å². The maximum absolute atomic E-state index is 11.1. The van der Waals surface area contributed by atoms with Crippen LogP contribution in [0.4, 0.5) is 0 Å². The van der Waals surface area contributed by atoms with E-state index in [0.29, 0.717) is 0 Å². The van der Waals surface area contributed by atoms with E-state index in [1.165, 1.54) is 0 Å². The van der Waals surface area contributed by atoms with E-state index in [-0.39, 0.29) is 19.6 Å². The van der Waals surface area contributed by atoms with E-state index >= 15 is 0 Å². The molecule has 0 aromatic heterocycles. The summed E-state index contributed by atoms with van der Waals surface area (Å²) in [7, 11) is 0. The van der Waals surface area contributed by atoms with Crippen molar-refractivity contribution in [2.45, 2.75) is 105 Å². The van der Waals surface area contributed by atoms with Crippen molar-refractivity contribution in [2.24, 2.45) is 22.9 Å². The van der Waals surface area contributed by atoms with Crippen LogP contribution in [0.25, 0.3) is 0 Å². The van der Waals surface area contributed by atoms with Crippen molar-refractivity contribution in [1.29, 1.82) is 0 Å². The molecule has 15 heteroatoms. The van der Waals surface area contributed by atoms with Gasteiger partial charge in [-0.3, -0.25) is 0 Å². The highest BCUT2D eigenvalue weighted by Crippen LogP contribution is 2.31. The van der Waals surface area contributed by atoms with Gasteiger partial charge in [0.1, 0.15) is 61.0 Å². The number of rotatable bonds is 8. The van der Waals surface area contributed by atoms with E-state index in [1.807, 2.05) is 0 Å². The second kappa shape index (κ2) is 12.3. The molecule has 0 bridgehead atoms. The molecule has 1 unspecified atom stereocenters. The summed E-state index contributed by atoms with van der Waals surface area (Å²) in [5, 5.41) is 62.0. The molecule has 2 saturated heterocycles. The van der Waals surface area contributed by atoms with E-state index in [1.54, 1.807) is 6.92 Å². The van der Waals surface area contributed by atoms with Crippen molar-refractivity contribution >= 4 is 0 Å². The minimum atomic E-state index is -1.48. The Bertz CT molecular complexity index is 667. The Morgan fingerprint density at radius 2 is 1.29 bits per heavy atom. The van der Waals surface area contributed by atoms with Gasteiger partial charge >= 0.3 is 0 Å². The van der Waals surface area contributed by atoms with Crippen LogP contribution >= 0.6 is 0 Å². The Labute approximate surface area is 202 Å². The van der Waals surface area contributed by atoms with Gasteiger partial charge in [-0.2, -0.15) is 0 Å². The SMILES string of the molecule is CCO[C@@H]1[C@@H](O)[C@@H](OC2[C@@H](N)C[C@@H](N)[C@H](O[C@H]3O[C@H](CO)[C@@H](O)[C@H](N)[C@H]3O)[C@H]2O)O[C@H](CN)[C@H]1O. The second-order valence-electron chi connectivity index (χ2n) is 9.22. The summed E-state index contributed by atoms with van der Waals surface area (Å²) >= 11 is 0. The van der Waals surface area contributed by atoms with Gasteiger partial charge in [-0.25, -0.2) is 0 Å². The summed E-state index contributed by atoms with van der Waals surface area (Å²) in [6, 6.07) is -2.79. The molecule has 1 saturated carbocycles. The Hall–Kier alpha value is -0.600. The first-order valence-electron chi connectivity index (χ1n) is 11.8. The number of hydrogen-bond acceptors (Lipinski definition) is 15. The van der Waals surface area contributed by atoms with Crippen molar-refractivity contribution in [1.82, 2.24) is 0 Å². The molecule has 0 aromatic rings. The second-order valence-corrected chi connectivity index (χ2v) is 9.22. The van der Waals surface area contributed by atoms with Gasteiger partial charge in [0.05, 0.1) is 12.6 Å². The molecule has 14 N–H and O–H groups in total. The molecule has 35 heavy (non-hydrogen) atoms. The van der Waals surface area contributed by atoms with Gasteiger partial charge in [0.2, 0.25) is 0 Å². The Morgan fingerprint density at radius 1 is 0.743 bits per heavy atom. The molecule has 2 heterocycles. The largest absolute Gasteiger partial charge is 0.394 e. The first-order chi connectivity index (χ1) is 16.5. The Kier molecular flexibility index (Phi) is 10.2. The summed E-state index contributed by atoms with van der Waals surface area (Å²) in [5.41, 5.74) is 23.8. The summed E-state index contributed by atoms with van der Waals surface area (Å²) < 4.78 is 28.1. The third-order valence-electron chi connectivity index (χ3n) is 6.81. The third kappa shape index (κ3) is 5.95. The lowest BCUT2D eigenvalue weighted by molar-refractivity contribution is -0.334. The molecule has 1 aliphatic carbocycles. The lowest BCUT2D eigenvalue weighted by Gasteiger charge is -2.48. The van der Waals surface area contributed by atoms with Crippen LogP contribution in [-0.4, -0.2) is 142 Å². The zero-order chi connectivity index (χ0) is 26.0. The molecule has 2 aliphatic heterocycles. The molecule has 0 aromatic carbocycles. The Morgan fingerprint density at radius 3 is 1.80 bits per heavy atom. The van der Waals surface area contributed by atoms with Crippen molar-refractivity contribution in [2.75, 3.05) is 19.8 Å². The van der Waals surface area contributed by atoms with E-state index in [9.17, 15) is 30.6 Å². The molecule has 3 fully saturated rings. The number of nitrogens with two attached hydrogens (primary N) is 4. The van der Waals surface area contributed by atoms with Crippen molar-refractivity contribution in [3.05, 3.63) is 0 Å². The molecule has 0 radical (unpaired) electrons. The lowest BCUT2D eigenvalue weighted by atomic mass is 9.84. The molecular weight excluding hydrogens is 472 g/mol. The van der Waals surface area contributed by atoms with Crippen LogP contribution in [0, 0.1) is 0 Å². The third-order valence-corrected chi connectivity index (χ3v) is 6.81. The normalized spacial score (nSPS) is 51.3. The number of aliphatic hydroxyl groups is 6. The van der Waals surface area contributed by atoms with Crippen LogP contribution in [0.2, 0.25) is 0 Å². The number of ether oxygens (including phenoxy) is 5. The molecule has 15 nitrogen and oxygen atoms in total. The molecule has 0 spiro atoms. The lowest BCUT2D eigenvalue weighted by Crippen LogP contribution is -2.68. The first-order valence-corrected chi connectivity index (χ1v) is 11.8. The molecule has 0 amide bonds. The highest BCUT2D eigenvalue weighted by Gasteiger charge is 2.52. The van der Waals surface area contributed by atoms with Crippen LogP contribution in [0.3, 0.4) is 0 Å². The zero-order valence-corrected chi connectivity index (χ0v) is 19.5. The smallest absolute Gasteiger partial charge is 0.187 e. The number of aliphatic hydroxyl groups excluding tert-OH is 6. The average molecular weight is 513 g/mol. The van der Waals surface area contributed by atoms with Crippen molar-refractivity contribution in [3.63, 3.8) is 0 Å². The molecule has 206 valence electrons. The summed E-state index contributed by atoms with van der Waals surface area (Å²) in [5.74, 6) is 0. The fourth-order valence-electron chi connectivity index (χ4n) is 4.78. The van der Waals surface area contributed by atoms with Gasteiger partial charge < -0.3 is 77.3 Å². The fourth-order valence-corrected chi connectivity index (χ4v) is 4.78. The summed E-state index contributed by atoms with van der Waals surface area (Å²) in [6.45, 7) is 1.24. The van der Waals surface area contributed by atoms with E-state index in [2.05, 4.69) is 0 Å². The highest BCUT2D eigenvalue weighted by atomic mass is 16.7. The van der Waals surface area contributed by atoms with Gasteiger partial charge in [0.25, 0.3) is 0 Å². The maximum atomic E-state index is 11.1. The fraction of sp³-hybridized carbons (Fsp3) is 1.00. The standard InChI is InChI=1S/C20H40N4O11/c1-2-31-18-12(27)8(4-21)32-20(15(18)30)35-17-7(23)3-6(22)16(14(17)29)34-19-13(28)10(24)11(26)9(5-25)33-19/h6-20,25-30H,2-5,21-24H2,1H3/t6-,7+,8-,9-,10+,11-,12-,13-,14-,15-,16+,17?,18+,19-,20-/m1/s1. The van der Waals surface area contributed by atoms with Crippen LogP contribution in [0.5, 0.6) is 0 Å². The quantitative estimate of drug-likeness (QED) is 0.145. The van der Waals surface area contributed by atoms with E-state index < -0.39 is 98.4 Å². The van der Waals surface area contributed by atoms with Crippen LogP contribution in [0.1, 0.15) is 13.3 Å². The monoisotopic (exact) mass is 512 g/mol. The summed E-state index contributed by atoms with van der Waals surface area (Å²) in [6.07, 6.45) is -14.9. The minimum absolute atomic E-state index is 0.0811. The summed E-state index contributed by atoms with van der Waals surface area (Å²) in [4.78, 5) is 0. The highest BCUT2D eigenvalue weighted by molar-refractivity contribution is 5.01. The molecule has 15 atom stereocenters. The van der Waals surface area contributed by atoms with Gasteiger partial charge in [-0.15, -0.1) is 0 Å². The Balaban J connectivity index is 1.74. The van der Waals surface area contributed by atoms with Gasteiger partial charge in [0.15, 0.2) is 12.6 Å².